The van der Waals surface area contributed by atoms with Crippen LogP contribution >= 0.6 is 11.3 Å². The molecule has 2 aromatic rings. The first-order valence-electron chi connectivity index (χ1n) is 11.2. The highest BCUT2D eigenvalue weighted by molar-refractivity contribution is 7.91. The van der Waals surface area contributed by atoms with Gasteiger partial charge in [0.2, 0.25) is 11.8 Å². The lowest BCUT2D eigenvalue weighted by Crippen LogP contribution is -2.41. The van der Waals surface area contributed by atoms with Crippen molar-refractivity contribution in [1.29, 1.82) is 0 Å². The van der Waals surface area contributed by atoms with Gasteiger partial charge in [-0.2, -0.15) is 0 Å². The summed E-state index contributed by atoms with van der Waals surface area (Å²) in [7, 11) is -3.94. The van der Waals surface area contributed by atoms with Crippen molar-refractivity contribution in [1.82, 2.24) is 15.6 Å². The number of nitrogens with zero attached hydrogens (tertiary/aromatic N) is 2. The van der Waals surface area contributed by atoms with Crippen molar-refractivity contribution in [3.63, 3.8) is 0 Å². The maximum Gasteiger partial charge on any atom is 0.270 e. The van der Waals surface area contributed by atoms with Crippen molar-refractivity contribution >= 4 is 54.8 Å². The van der Waals surface area contributed by atoms with Gasteiger partial charge in [0.15, 0.2) is 15.1 Å². The van der Waals surface area contributed by atoms with Gasteiger partial charge in [-0.3, -0.25) is 14.4 Å². The molecule has 186 valence electrons. The number of dihydropyridines is 1. The van der Waals surface area contributed by atoms with Crippen LogP contribution in [-0.4, -0.2) is 55.7 Å². The molecule has 2 unspecified atom stereocenters. The summed E-state index contributed by atoms with van der Waals surface area (Å²) in [5.41, 5.74) is 1.77. The molecule has 12 heteroatoms. The van der Waals surface area contributed by atoms with Gasteiger partial charge in [0, 0.05) is 35.9 Å². The third kappa shape index (κ3) is 5.05. The number of nitrogens with one attached hydrogen (secondary N) is 2. The number of fused-ring (bicyclic) bond motifs is 2. The number of carbonyl (C=O) groups excluding carboxylic acids is 3. The molecule has 2 atom stereocenters. The van der Waals surface area contributed by atoms with E-state index in [0.29, 0.717) is 21.5 Å². The molecule has 1 aromatic carbocycles. The number of amides is 3. The number of aromatic nitrogens is 1. The maximum atomic E-state index is 15.1. The van der Waals surface area contributed by atoms with E-state index in [1.54, 1.807) is 30.4 Å². The van der Waals surface area contributed by atoms with Crippen LogP contribution in [0.3, 0.4) is 0 Å². The highest BCUT2D eigenvalue weighted by Gasteiger charge is 2.35. The van der Waals surface area contributed by atoms with Gasteiger partial charge >= 0.3 is 0 Å². The van der Waals surface area contributed by atoms with Crippen molar-refractivity contribution in [3.8, 4) is 0 Å². The summed E-state index contributed by atoms with van der Waals surface area (Å²) in [5, 5.41) is 3.45. The monoisotopic (exact) mass is 528 g/mol. The Morgan fingerprint density at radius 1 is 1.22 bits per heavy atom. The van der Waals surface area contributed by atoms with Gasteiger partial charge in [0.05, 0.1) is 22.5 Å². The molecule has 0 radical (unpaired) electrons. The Morgan fingerprint density at radius 3 is 2.72 bits per heavy atom. The number of carbonyl (C=O) groups is 3. The van der Waals surface area contributed by atoms with E-state index in [2.05, 4.69) is 20.6 Å². The minimum Gasteiger partial charge on any atom is -0.352 e. The molecule has 3 aliphatic rings. The third-order valence-corrected chi connectivity index (χ3v) is 8.42. The highest BCUT2D eigenvalue weighted by atomic mass is 32.2. The predicted molar refractivity (Wildman–Crippen MR) is 133 cm³/mol. The van der Waals surface area contributed by atoms with Crippen LogP contribution in [-0.2, 0) is 24.2 Å². The summed E-state index contributed by atoms with van der Waals surface area (Å²) in [4.78, 5) is 44.3. The van der Waals surface area contributed by atoms with Gasteiger partial charge in [-0.25, -0.2) is 22.8 Å². The fourth-order valence-corrected chi connectivity index (χ4v) is 6.52. The normalized spacial score (nSPS) is 19.9. The van der Waals surface area contributed by atoms with Gasteiger partial charge in [-0.05, 0) is 36.6 Å². The van der Waals surface area contributed by atoms with Crippen LogP contribution in [0, 0.1) is 5.82 Å². The molecule has 5 rings (SSSR count). The molecule has 1 saturated carbocycles. The van der Waals surface area contributed by atoms with Gasteiger partial charge in [-0.1, -0.05) is 12.2 Å². The average Bonchev–Trinajstić information content (AvgIpc) is 3.53. The summed E-state index contributed by atoms with van der Waals surface area (Å²) in [5.74, 6) is -2.60. The van der Waals surface area contributed by atoms with Crippen LogP contribution < -0.4 is 10.6 Å². The Morgan fingerprint density at radius 2 is 2.00 bits per heavy atom. The van der Waals surface area contributed by atoms with E-state index in [4.69, 9.17) is 0 Å². The lowest BCUT2D eigenvalue weighted by atomic mass is 9.89. The SMILES string of the molecule is CS(=O)(=O)C(C(=O)NCC(=O)NC1CC1)c1nc2cc(F)c(C3C=CC4=NC(=O)C=CC4=C3)cc2s1. The molecule has 0 spiro atoms. The first-order chi connectivity index (χ1) is 17.1. The van der Waals surface area contributed by atoms with Crippen LogP contribution in [0.1, 0.15) is 34.6 Å². The number of hydrogen-bond acceptors (Lipinski definition) is 7. The average molecular weight is 529 g/mol. The minimum atomic E-state index is -3.94. The quantitative estimate of drug-likeness (QED) is 0.565. The van der Waals surface area contributed by atoms with Crippen molar-refractivity contribution in [3.05, 3.63) is 64.5 Å². The molecule has 9 nitrogen and oxygen atoms in total. The second-order valence-corrected chi connectivity index (χ2v) is 12.0. The van der Waals surface area contributed by atoms with Gasteiger partial charge < -0.3 is 10.6 Å². The zero-order valence-electron chi connectivity index (χ0n) is 19.0. The van der Waals surface area contributed by atoms with E-state index < -0.39 is 38.6 Å². The van der Waals surface area contributed by atoms with E-state index in [-0.39, 0.29) is 29.0 Å². The topological polar surface area (TPSA) is 135 Å². The zero-order valence-corrected chi connectivity index (χ0v) is 20.7. The second-order valence-electron chi connectivity index (χ2n) is 8.84. The van der Waals surface area contributed by atoms with Crippen molar-refractivity contribution < 1.29 is 27.2 Å². The molecule has 0 saturated heterocycles. The molecule has 1 aliphatic heterocycles. The molecule has 3 amide bonds. The fraction of sp³-hybridized carbons (Fsp3) is 0.292. The maximum absolute atomic E-state index is 15.1. The van der Waals surface area contributed by atoms with Gasteiger partial charge in [0.1, 0.15) is 10.8 Å². The number of rotatable bonds is 7. The van der Waals surface area contributed by atoms with Gasteiger partial charge in [0.25, 0.3) is 5.91 Å². The number of benzene rings is 1. The van der Waals surface area contributed by atoms with E-state index >= 15 is 4.39 Å². The molecular weight excluding hydrogens is 507 g/mol. The number of hydrogen-bond donors (Lipinski definition) is 2. The Balaban J connectivity index is 1.42. The predicted octanol–water partition coefficient (Wildman–Crippen LogP) is 2.03. The Hall–Kier alpha value is -3.51. The Bertz CT molecular complexity index is 1530. The zero-order chi connectivity index (χ0) is 25.6. The second kappa shape index (κ2) is 9.17. The Labute approximate surface area is 209 Å². The standard InChI is InChI=1S/C24H21FN4O5S2/c1-36(33,34)22(23(32)26-11-21(31)27-14-4-5-14)24-29-18-10-16(25)15(9-19(18)35-24)12-2-6-17-13(8-12)3-7-20(30)28-17/h2-3,6-10,12,14,22H,4-5,11H2,1H3,(H,26,32)(H,27,31). The van der Waals surface area contributed by atoms with Crippen LogP contribution in [0.25, 0.3) is 10.2 Å². The first-order valence-corrected chi connectivity index (χ1v) is 13.9. The van der Waals surface area contributed by atoms with E-state index in [1.165, 1.54) is 12.1 Å². The number of aliphatic imine (C=N–C) groups is 1. The number of thiazole rings is 1. The summed E-state index contributed by atoms with van der Waals surface area (Å²) in [6.45, 7) is -0.348. The minimum absolute atomic E-state index is 0.00941. The number of sulfone groups is 1. The molecule has 1 aromatic heterocycles. The summed E-state index contributed by atoms with van der Waals surface area (Å²) in [6.07, 6.45) is 10.8. The summed E-state index contributed by atoms with van der Waals surface area (Å²) in [6, 6.07) is 2.90. The smallest absolute Gasteiger partial charge is 0.270 e. The first kappa shape index (κ1) is 24.2. The van der Waals surface area contributed by atoms with Crippen molar-refractivity contribution in [2.24, 2.45) is 4.99 Å². The number of halogens is 1. The lowest BCUT2D eigenvalue weighted by Gasteiger charge is -2.18. The van der Waals surface area contributed by atoms with E-state index in [9.17, 15) is 22.8 Å². The largest absolute Gasteiger partial charge is 0.352 e. The molecule has 2 aliphatic carbocycles. The van der Waals surface area contributed by atoms with Crippen LogP contribution in [0.5, 0.6) is 0 Å². The van der Waals surface area contributed by atoms with Crippen LogP contribution in [0.2, 0.25) is 0 Å². The molecule has 2 N–H and O–H groups in total. The molecular formula is C24H21FN4O5S2. The van der Waals surface area contributed by atoms with E-state index in [1.807, 2.05) is 0 Å². The summed E-state index contributed by atoms with van der Waals surface area (Å²) < 4.78 is 40.6. The molecule has 36 heavy (non-hydrogen) atoms. The molecule has 0 bridgehead atoms. The van der Waals surface area contributed by atoms with E-state index in [0.717, 1.165) is 30.4 Å². The third-order valence-electron chi connectivity index (χ3n) is 5.89. The molecule has 1 fully saturated rings. The molecule has 2 heterocycles. The van der Waals surface area contributed by atoms with Crippen LogP contribution in [0.15, 0.2) is 53.1 Å². The Kier molecular flexibility index (Phi) is 6.17. The van der Waals surface area contributed by atoms with Crippen LogP contribution in [0.4, 0.5) is 4.39 Å². The lowest BCUT2D eigenvalue weighted by molar-refractivity contribution is -0.126. The van der Waals surface area contributed by atoms with Gasteiger partial charge in [-0.15, -0.1) is 11.3 Å². The number of allylic oxidation sites excluding steroid dienone is 5. The highest BCUT2D eigenvalue weighted by Crippen LogP contribution is 2.36. The summed E-state index contributed by atoms with van der Waals surface area (Å²) >= 11 is 0.980. The van der Waals surface area contributed by atoms with Crippen molar-refractivity contribution in [2.75, 3.05) is 12.8 Å². The fourth-order valence-electron chi connectivity index (χ4n) is 3.98. The van der Waals surface area contributed by atoms with Crippen molar-refractivity contribution in [2.45, 2.75) is 30.1 Å².